The molecule has 7 nitrogen and oxygen atoms in total. The number of unbranched alkanes of at least 4 members (excludes halogenated alkanes) is 2. The number of rotatable bonds is 11. The molecule has 4 rings (SSSR count). The van der Waals surface area contributed by atoms with Crippen LogP contribution in [0.3, 0.4) is 0 Å². The molecule has 0 radical (unpaired) electrons. The summed E-state index contributed by atoms with van der Waals surface area (Å²) in [4.78, 5) is 38.6. The van der Waals surface area contributed by atoms with E-state index in [2.05, 4.69) is 19.9 Å². The molecule has 2 fully saturated rings. The van der Waals surface area contributed by atoms with Gasteiger partial charge in [-0.15, -0.1) is 0 Å². The Balaban J connectivity index is 1.39. The molecule has 194 valence electrons. The van der Waals surface area contributed by atoms with Gasteiger partial charge in [-0.3, -0.25) is 19.3 Å². The average Bonchev–Trinajstić information content (AvgIpc) is 3.37. The summed E-state index contributed by atoms with van der Waals surface area (Å²) in [6.07, 6.45) is 7.40. The number of allylic oxidation sites excluding steroid dienone is 2. The molecule has 1 aromatic rings. The van der Waals surface area contributed by atoms with Gasteiger partial charge in [-0.1, -0.05) is 42.7 Å². The molecular weight excluding hydrogens is 458 g/mol. The van der Waals surface area contributed by atoms with Crippen molar-refractivity contribution < 1.29 is 29.3 Å². The monoisotopic (exact) mass is 495 g/mol. The second-order valence-electron chi connectivity index (χ2n) is 10.3. The number of phenols is 1. The molecule has 0 bridgehead atoms. The number of aliphatic carboxylic acids is 1. The average molecular weight is 496 g/mol. The standard InChI is InChI=1S/C29H37NO6/c1-3-19(16-20-8-11-21(31)12-9-20)10-13-24-26-18(2)15-22-27(23(26)17-36-24)29(35)30(28(22)34)14-6-4-5-7-25(32)33/h8-9,11-12,16,22-24,27,31H,3-7,10,13-15,17H2,1-2H3,(H,32,33)/b19-16+/t22-,23+,24-,27-/m1/s1. The molecule has 3 aliphatic rings. The molecule has 1 aromatic carbocycles. The lowest BCUT2D eigenvalue weighted by Crippen LogP contribution is -2.34. The molecule has 1 aliphatic carbocycles. The van der Waals surface area contributed by atoms with Gasteiger partial charge in [-0.2, -0.15) is 0 Å². The Morgan fingerprint density at radius 1 is 1.08 bits per heavy atom. The van der Waals surface area contributed by atoms with E-state index < -0.39 is 5.97 Å². The normalized spacial score (nSPS) is 25.9. The predicted molar refractivity (Wildman–Crippen MR) is 136 cm³/mol. The van der Waals surface area contributed by atoms with Crippen LogP contribution in [0.15, 0.2) is 41.0 Å². The maximum Gasteiger partial charge on any atom is 0.303 e. The van der Waals surface area contributed by atoms with Gasteiger partial charge in [0.05, 0.1) is 24.5 Å². The maximum absolute atomic E-state index is 13.3. The van der Waals surface area contributed by atoms with Crippen molar-refractivity contribution in [1.29, 1.82) is 0 Å². The lowest BCUT2D eigenvalue weighted by atomic mass is 9.70. The first-order valence-electron chi connectivity index (χ1n) is 13.2. The minimum absolute atomic E-state index is 0.0290. The van der Waals surface area contributed by atoms with E-state index >= 15 is 0 Å². The van der Waals surface area contributed by atoms with E-state index in [0.717, 1.165) is 24.8 Å². The number of carbonyl (C=O) groups excluding carboxylic acids is 2. The summed E-state index contributed by atoms with van der Waals surface area (Å²) < 4.78 is 6.24. The van der Waals surface area contributed by atoms with Crippen molar-refractivity contribution in [1.82, 2.24) is 4.90 Å². The molecular formula is C29H37NO6. The molecule has 2 N–H and O–H groups in total. The van der Waals surface area contributed by atoms with Crippen LogP contribution in [0, 0.1) is 17.8 Å². The Morgan fingerprint density at radius 3 is 2.53 bits per heavy atom. The lowest BCUT2D eigenvalue weighted by molar-refractivity contribution is -0.141. The number of nitrogens with zero attached hydrogens (tertiary/aromatic N) is 1. The summed E-state index contributed by atoms with van der Waals surface area (Å²) in [5.41, 5.74) is 4.78. The first-order valence-corrected chi connectivity index (χ1v) is 13.2. The van der Waals surface area contributed by atoms with Crippen LogP contribution < -0.4 is 0 Å². The van der Waals surface area contributed by atoms with E-state index in [-0.39, 0.29) is 47.8 Å². The number of carboxylic acids is 1. The van der Waals surface area contributed by atoms with Crippen LogP contribution in [-0.2, 0) is 19.1 Å². The highest BCUT2D eigenvalue weighted by atomic mass is 16.5. The molecule has 0 aromatic heterocycles. The van der Waals surface area contributed by atoms with Gasteiger partial charge >= 0.3 is 5.97 Å². The Morgan fingerprint density at radius 2 is 1.83 bits per heavy atom. The number of amides is 2. The Hall–Kier alpha value is -2.93. The van der Waals surface area contributed by atoms with Crippen LogP contribution in [-0.4, -0.2) is 52.2 Å². The number of carboxylic acid groups (broad SMARTS) is 1. The number of hydrogen-bond donors (Lipinski definition) is 2. The quantitative estimate of drug-likeness (QED) is 0.256. The largest absolute Gasteiger partial charge is 0.508 e. The molecule has 2 aliphatic heterocycles. The van der Waals surface area contributed by atoms with Crippen molar-refractivity contribution in [3.63, 3.8) is 0 Å². The lowest BCUT2D eigenvalue weighted by Gasteiger charge is -2.30. The smallest absolute Gasteiger partial charge is 0.303 e. The van der Waals surface area contributed by atoms with Gasteiger partial charge in [0.15, 0.2) is 0 Å². The van der Waals surface area contributed by atoms with Gasteiger partial charge in [0, 0.05) is 18.9 Å². The fourth-order valence-corrected chi connectivity index (χ4v) is 6.11. The first-order chi connectivity index (χ1) is 17.3. The highest BCUT2D eigenvalue weighted by Gasteiger charge is 2.56. The maximum atomic E-state index is 13.3. The van der Waals surface area contributed by atoms with Crippen LogP contribution in [0.4, 0.5) is 0 Å². The van der Waals surface area contributed by atoms with Crippen LogP contribution >= 0.6 is 0 Å². The zero-order valence-corrected chi connectivity index (χ0v) is 21.2. The van der Waals surface area contributed by atoms with Gasteiger partial charge in [0.25, 0.3) is 0 Å². The summed E-state index contributed by atoms with van der Waals surface area (Å²) in [6, 6.07) is 7.19. The highest BCUT2D eigenvalue weighted by molar-refractivity contribution is 6.05. The molecule has 36 heavy (non-hydrogen) atoms. The number of benzene rings is 1. The van der Waals surface area contributed by atoms with Crippen molar-refractivity contribution in [2.75, 3.05) is 13.2 Å². The minimum Gasteiger partial charge on any atom is -0.508 e. The number of fused-ring (bicyclic) bond motifs is 3. The molecule has 2 amide bonds. The number of aromatic hydroxyl groups is 1. The van der Waals surface area contributed by atoms with Crippen LogP contribution in [0.1, 0.15) is 70.8 Å². The third-order valence-corrected chi connectivity index (χ3v) is 7.96. The van der Waals surface area contributed by atoms with Crippen LogP contribution in [0.2, 0.25) is 0 Å². The summed E-state index contributed by atoms with van der Waals surface area (Å²) in [5, 5.41) is 18.3. The Kier molecular flexibility index (Phi) is 8.29. The van der Waals surface area contributed by atoms with Crippen LogP contribution in [0.5, 0.6) is 5.75 Å². The van der Waals surface area contributed by atoms with Gasteiger partial charge in [-0.05, 0) is 68.7 Å². The van der Waals surface area contributed by atoms with E-state index in [4.69, 9.17) is 9.84 Å². The molecule has 0 unspecified atom stereocenters. The number of carbonyl (C=O) groups is 3. The first kappa shape index (κ1) is 26.1. The van der Waals surface area contributed by atoms with Gasteiger partial charge < -0.3 is 14.9 Å². The van der Waals surface area contributed by atoms with Crippen molar-refractivity contribution in [3.05, 3.63) is 46.5 Å². The van der Waals surface area contributed by atoms with Crippen molar-refractivity contribution in [2.45, 2.75) is 71.3 Å². The molecule has 0 spiro atoms. The topological polar surface area (TPSA) is 104 Å². The zero-order chi connectivity index (χ0) is 25.8. The Bertz CT molecular complexity index is 1060. The zero-order valence-electron chi connectivity index (χ0n) is 21.2. The highest BCUT2D eigenvalue weighted by Crippen LogP contribution is 2.49. The second-order valence-corrected chi connectivity index (χ2v) is 10.3. The molecule has 4 atom stereocenters. The SMILES string of the molecule is CC/C(=C\c1ccc(O)cc1)CC[C@H]1OC[C@H]2C1=C(C)C[C@H]1C(=O)N(CCCCCC(=O)O)C(=O)[C@H]12. The third kappa shape index (κ3) is 5.56. The predicted octanol–water partition coefficient (Wildman–Crippen LogP) is 4.95. The van der Waals surface area contributed by atoms with Gasteiger partial charge in [-0.25, -0.2) is 0 Å². The minimum atomic E-state index is -0.818. The summed E-state index contributed by atoms with van der Waals surface area (Å²) in [7, 11) is 0. The van der Waals surface area contributed by atoms with E-state index in [1.165, 1.54) is 21.6 Å². The van der Waals surface area contributed by atoms with Gasteiger partial charge in [0.2, 0.25) is 11.8 Å². The van der Waals surface area contributed by atoms with Gasteiger partial charge in [0.1, 0.15) is 5.75 Å². The Labute approximate surface area is 212 Å². The fourth-order valence-electron chi connectivity index (χ4n) is 6.11. The van der Waals surface area contributed by atoms with E-state index in [0.29, 0.717) is 38.8 Å². The number of likely N-dealkylation sites (tertiary alicyclic amines) is 1. The number of phenolic OH excluding ortho intramolecular Hbond substituents is 1. The number of hydrogen-bond acceptors (Lipinski definition) is 5. The van der Waals surface area contributed by atoms with Crippen molar-refractivity contribution in [2.24, 2.45) is 17.8 Å². The summed E-state index contributed by atoms with van der Waals surface area (Å²) in [5.74, 6) is -1.38. The van der Waals surface area contributed by atoms with E-state index in [1.54, 1.807) is 12.1 Å². The fraction of sp³-hybridized carbons (Fsp3) is 0.552. The van der Waals surface area contributed by atoms with Crippen molar-refractivity contribution in [3.8, 4) is 5.75 Å². The van der Waals surface area contributed by atoms with E-state index in [1.807, 2.05) is 12.1 Å². The summed E-state index contributed by atoms with van der Waals surface area (Å²) >= 11 is 0. The molecule has 7 heteroatoms. The molecule has 2 saturated heterocycles. The molecule has 2 heterocycles. The third-order valence-electron chi connectivity index (χ3n) is 7.96. The second kappa shape index (κ2) is 11.4. The number of imide groups is 1. The molecule has 0 saturated carbocycles. The summed E-state index contributed by atoms with van der Waals surface area (Å²) in [6.45, 7) is 5.07. The number of ether oxygens (including phenoxy) is 1. The van der Waals surface area contributed by atoms with E-state index in [9.17, 15) is 19.5 Å². The van der Waals surface area contributed by atoms with Crippen molar-refractivity contribution >= 4 is 23.9 Å². The van der Waals surface area contributed by atoms with Crippen LogP contribution in [0.25, 0.3) is 6.08 Å².